The van der Waals surface area contributed by atoms with Crippen LogP contribution in [0.25, 0.3) is 0 Å². The van der Waals surface area contributed by atoms with Crippen molar-refractivity contribution >= 4 is 23.2 Å². The van der Waals surface area contributed by atoms with Crippen molar-refractivity contribution in [2.24, 2.45) is 0 Å². The van der Waals surface area contributed by atoms with Crippen LogP contribution in [0, 0.1) is 0 Å². The number of carbonyl (C=O) groups is 1. The van der Waals surface area contributed by atoms with Crippen molar-refractivity contribution in [3.8, 4) is 0 Å². The van der Waals surface area contributed by atoms with Crippen LogP contribution < -0.4 is 0 Å². The summed E-state index contributed by atoms with van der Waals surface area (Å²) in [5, 5.41) is 1.01. The third kappa shape index (κ3) is 3.53. The summed E-state index contributed by atoms with van der Waals surface area (Å²) in [6.07, 6.45) is -3.75. The van der Waals surface area contributed by atoms with E-state index in [1.807, 2.05) is 0 Å². The Balaban J connectivity index is 2.65. The monoisotopic (exact) mass is 270 g/mol. The minimum absolute atomic E-state index is 0.264. The van der Waals surface area contributed by atoms with E-state index >= 15 is 0 Å². The molecular weight excluding hydrogens is 257 g/mol. The third-order valence-corrected chi connectivity index (χ3v) is 3.00. The van der Waals surface area contributed by atoms with E-state index in [-0.39, 0.29) is 6.54 Å². The highest BCUT2D eigenvalue weighted by molar-refractivity contribution is 7.80. The lowest BCUT2D eigenvalue weighted by atomic mass is 10.2. The minimum atomic E-state index is -4.98. The van der Waals surface area contributed by atoms with Gasteiger partial charge in [-0.05, 0) is 12.8 Å². The number of hydrogen-bond donors (Lipinski definition) is 0. The lowest BCUT2D eigenvalue weighted by molar-refractivity contribution is -0.238. The Labute approximate surface area is 102 Å². The molecule has 0 spiro atoms. The van der Waals surface area contributed by atoms with Gasteiger partial charge < -0.3 is 9.74 Å². The highest BCUT2D eigenvalue weighted by Gasteiger charge is 2.44. The van der Waals surface area contributed by atoms with Gasteiger partial charge in [-0.3, -0.25) is 0 Å². The van der Waals surface area contributed by atoms with E-state index in [0.29, 0.717) is 17.8 Å². The predicted molar refractivity (Wildman–Crippen MR) is 58.2 cm³/mol. The average Bonchev–Trinajstić information content (AvgIpc) is 2.63. The van der Waals surface area contributed by atoms with Crippen molar-refractivity contribution in [1.82, 2.24) is 9.96 Å². The van der Waals surface area contributed by atoms with Crippen LogP contribution in [0.5, 0.6) is 0 Å². The molecule has 0 aliphatic carbocycles. The molecule has 0 radical (unpaired) electrons. The SMILES string of the molecule is CN(C)C(=S)[C@@H]1CCCN1OC(=O)C(F)(F)F. The van der Waals surface area contributed by atoms with Crippen molar-refractivity contribution < 1.29 is 22.8 Å². The largest absolute Gasteiger partial charge is 0.492 e. The van der Waals surface area contributed by atoms with Crippen LogP contribution in [0.3, 0.4) is 0 Å². The van der Waals surface area contributed by atoms with Crippen molar-refractivity contribution in [1.29, 1.82) is 0 Å². The van der Waals surface area contributed by atoms with Crippen LogP contribution in [0.15, 0.2) is 0 Å². The molecule has 1 saturated heterocycles. The first-order valence-electron chi connectivity index (χ1n) is 5.00. The Morgan fingerprint density at radius 1 is 1.47 bits per heavy atom. The van der Waals surface area contributed by atoms with Gasteiger partial charge in [-0.15, -0.1) is 5.06 Å². The van der Waals surface area contributed by atoms with E-state index in [9.17, 15) is 18.0 Å². The number of rotatable bonds is 2. The fourth-order valence-corrected chi connectivity index (χ4v) is 1.79. The zero-order chi connectivity index (χ0) is 13.2. The highest BCUT2D eigenvalue weighted by Crippen LogP contribution is 2.23. The van der Waals surface area contributed by atoms with Crippen LogP contribution in [-0.4, -0.2) is 53.8 Å². The maximum atomic E-state index is 12.0. The van der Waals surface area contributed by atoms with Crippen LogP contribution >= 0.6 is 12.2 Å². The average molecular weight is 270 g/mol. The van der Waals surface area contributed by atoms with Crippen LogP contribution in [-0.2, 0) is 9.63 Å². The first-order valence-corrected chi connectivity index (χ1v) is 5.41. The summed E-state index contributed by atoms with van der Waals surface area (Å²) >= 11 is 5.07. The number of nitrogens with zero attached hydrogens (tertiary/aromatic N) is 2. The molecular formula is C9H13F3N2O2S. The summed E-state index contributed by atoms with van der Waals surface area (Å²) in [5.74, 6) is -2.20. The van der Waals surface area contributed by atoms with Gasteiger partial charge in [0, 0.05) is 20.6 Å². The molecule has 0 aromatic carbocycles. The van der Waals surface area contributed by atoms with Gasteiger partial charge in [0.25, 0.3) is 0 Å². The molecule has 17 heavy (non-hydrogen) atoms. The molecule has 98 valence electrons. The smallest absolute Gasteiger partial charge is 0.371 e. The molecule has 0 unspecified atom stereocenters. The molecule has 0 amide bonds. The molecule has 8 heteroatoms. The second-order valence-corrected chi connectivity index (χ2v) is 4.33. The summed E-state index contributed by atoms with van der Waals surface area (Å²) in [6.45, 7) is 0.264. The third-order valence-electron chi connectivity index (χ3n) is 2.36. The Morgan fingerprint density at radius 2 is 2.06 bits per heavy atom. The fraction of sp³-hybridized carbons (Fsp3) is 0.778. The fourth-order valence-electron chi connectivity index (χ4n) is 1.55. The standard InChI is InChI=1S/C9H13F3N2O2S/c1-13(2)7(17)6-4-3-5-14(6)16-8(15)9(10,11)12/h6H,3-5H2,1-2H3/t6-/m0/s1. The van der Waals surface area contributed by atoms with Crippen molar-refractivity contribution in [2.75, 3.05) is 20.6 Å². The Hall–Kier alpha value is -0.890. The maximum absolute atomic E-state index is 12.0. The van der Waals surface area contributed by atoms with Crippen molar-refractivity contribution in [3.63, 3.8) is 0 Å². The van der Waals surface area contributed by atoms with Gasteiger partial charge in [0.15, 0.2) is 0 Å². The summed E-state index contributed by atoms with van der Waals surface area (Å²) in [5.41, 5.74) is 0. The van der Waals surface area contributed by atoms with Gasteiger partial charge in [0.05, 0.1) is 11.0 Å². The zero-order valence-corrected chi connectivity index (χ0v) is 10.3. The summed E-state index contributed by atoms with van der Waals surface area (Å²) < 4.78 is 36.1. The number of alkyl halides is 3. The summed E-state index contributed by atoms with van der Waals surface area (Å²) in [6, 6.07) is -0.452. The number of halogens is 3. The van der Waals surface area contributed by atoms with Gasteiger partial charge in [0.1, 0.15) is 0 Å². The number of hydrogen-bond acceptors (Lipinski definition) is 4. The van der Waals surface area contributed by atoms with Crippen LogP contribution in [0.2, 0.25) is 0 Å². The lowest BCUT2D eigenvalue weighted by Crippen LogP contribution is -2.44. The van der Waals surface area contributed by atoms with Gasteiger partial charge >= 0.3 is 12.1 Å². The van der Waals surface area contributed by atoms with E-state index < -0.39 is 18.2 Å². The maximum Gasteiger partial charge on any atom is 0.492 e. The van der Waals surface area contributed by atoms with Crippen molar-refractivity contribution in [3.05, 3.63) is 0 Å². The number of likely N-dealkylation sites (N-methyl/N-ethyl adjacent to an activating group) is 1. The van der Waals surface area contributed by atoms with Crippen LogP contribution in [0.4, 0.5) is 13.2 Å². The molecule has 0 aromatic rings. The molecule has 1 aliphatic rings. The van der Waals surface area contributed by atoms with Gasteiger partial charge in [-0.1, -0.05) is 12.2 Å². The summed E-state index contributed by atoms with van der Waals surface area (Å²) in [4.78, 5) is 17.1. The molecule has 4 nitrogen and oxygen atoms in total. The van der Waals surface area contributed by atoms with E-state index in [0.717, 1.165) is 5.06 Å². The molecule has 0 N–H and O–H groups in total. The normalized spacial score (nSPS) is 21.4. The number of hydroxylamine groups is 2. The predicted octanol–water partition coefficient (Wildman–Crippen LogP) is 1.36. The van der Waals surface area contributed by atoms with E-state index in [2.05, 4.69) is 4.84 Å². The van der Waals surface area contributed by atoms with Gasteiger partial charge in [0.2, 0.25) is 0 Å². The van der Waals surface area contributed by atoms with Crippen molar-refractivity contribution in [2.45, 2.75) is 25.1 Å². The molecule has 1 heterocycles. The first kappa shape index (κ1) is 14.2. The minimum Gasteiger partial charge on any atom is -0.371 e. The molecule has 1 fully saturated rings. The number of thiocarbonyl (C=S) groups is 1. The van der Waals surface area contributed by atoms with Gasteiger partial charge in [-0.2, -0.15) is 13.2 Å². The Kier molecular flexibility index (Phi) is 4.31. The number of carbonyl (C=O) groups excluding carboxylic acids is 1. The summed E-state index contributed by atoms with van der Waals surface area (Å²) in [7, 11) is 3.40. The lowest BCUT2D eigenvalue weighted by Gasteiger charge is -2.27. The molecule has 1 aliphatic heterocycles. The van der Waals surface area contributed by atoms with E-state index in [4.69, 9.17) is 12.2 Å². The second-order valence-electron chi connectivity index (χ2n) is 3.91. The molecule has 0 aromatic heterocycles. The molecule has 1 atom stereocenters. The second kappa shape index (κ2) is 5.18. The Morgan fingerprint density at radius 3 is 2.53 bits per heavy atom. The molecule has 0 saturated carbocycles. The topological polar surface area (TPSA) is 32.8 Å². The first-order chi connectivity index (χ1) is 7.73. The van der Waals surface area contributed by atoms with Gasteiger partial charge in [-0.25, -0.2) is 4.79 Å². The highest BCUT2D eigenvalue weighted by atomic mass is 32.1. The Bertz CT molecular complexity index is 320. The molecule has 1 rings (SSSR count). The quantitative estimate of drug-likeness (QED) is 0.708. The van der Waals surface area contributed by atoms with E-state index in [1.165, 1.54) is 0 Å². The van der Waals surface area contributed by atoms with Crippen LogP contribution in [0.1, 0.15) is 12.8 Å². The molecule has 0 bridgehead atoms. The van der Waals surface area contributed by atoms with E-state index in [1.54, 1.807) is 19.0 Å². The zero-order valence-electron chi connectivity index (χ0n) is 9.45.